The van der Waals surface area contributed by atoms with Gasteiger partial charge in [-0.1, -0.05) is 13.0 Å². The maximum atomic E-state index is 8.44. The standard InChI is InChI=1S/C7H8N2S/c1-2-3-7(4-8)5-10-6-9/h3H,2,5H2,1H3. The minimum Gasteiger partial charge on any atom is -0.193 e. The van der Waals surface area contributed by atoms with Crippen molar-refractivity contribution in [3.8, 4) is 11.5 Å². The molecule has 0 heterocycles. The Labute approximate surface area is 65.1 Å². The van der Waals surface area contributed by atoms with Crippen molar-refractivity contribution in [2.45, 2.75) is 13.3 Å². The van der Waals surface area contributed by atoms with E-state index in [1.165, 1.54) is 0 Å². The van der Waals surface area contributed by atoms with Crippen LogP contribution in [0.3, 0.4) is 0 Å². The molecule has 0 aliphatic carbocycles. The molecule has 0 spiro atoms. The van der Waals surface area contributed by atoms with Crippen LogP contribution in [0.5, 0.6) is 0 Å². The van der Waals surface area contributed by atoms with Crippen molar-refractivity contribution in [1.29, 1.82) is 10.5 Å². The van der Waals surface area contributed by atoms with E-state index < -0.39 is 0 Å². The van der Waals surface area contributed by atoms with Gasteiger partial charge in [0.2, 0.25) is 0 Å². The predicted molar refractivity (Wildman–Crippen MR) is 42.1 cm³/mol. The molecule has 0 atom stereocenters. The van der Waals surface area contributed by atoms with Crippen LogP contribution >= 0.6 is 11.8 Å². The quantitative estimate of drug-likeness (QED) is 0.459. The fourth-order valence-corrected chi connectivity index (χ4v) is 0.896. The number of rotatable bonds is 3. The second-order valence-corrected chi connectivity index (χ2v) is 2.39. The average Bonchev–Trinajstić information content (AvgIpc) is 1.98. The van der Waals surface area contributed by atoms with Crippen LogP contribution in [0.25, 0.3) is 0 Å². The Hall–Kier alpha value is -0.930. The van der Waals surface area contributed by atoms with Gasteiger partial charge in [-0.15, -0.1) is 0 Å². The summed E-state index contributed by atoms with van der Waals surface area (Å²) in [5, 5.41) is 18.5. The average molecular weight is 152 g/mol. The van der Waals surface area contributed by atoms with Gasteiger partial charge in [-0.2, -0.15) is 10.5 Å². The Morgan fingerprint density at radius 2 is 2.30 bits per heavy atom. The van der Waals surface area contributed by atoms with Crippen molar-refractivity contribution in [3.05, 3.63) is 11.6 Å². The number of allylic oxidation sites excluding steroid dienone is 1. The molecule has 0 bridgehead atoms. The van der Waals surface area contributed by atoms with Gasteiger partial charge in [0.05, 0.1) is 6.07 Å². The van der Waals surface area contributed by atoms with Crippen LogP contribution in [0.15, 0.2) is 11.6 Å². The first kappa shape index (κ1) is 9.07. The van der Waals surface area contributed by atoms with Gasteiger partial charge in [-0.3, -0.25) is 0 Å². The van der Waals surface area contributed by atoms with E-state index in [-0.39, 0.29) is 0 Å². The lowest BCUT2D eigenvalue weighted by atomic mass is 10.3. The smallest absolute Gasteiger partial charge is 0.133 e. The topological polar surface area (TPSA) is 47.6 Å². The second kappa shape index (κ2) is 6.19. The van der Waals surface area contributed by atoms with E-state index in [1.807, 2.05) is 24.5 Å². The summed E-state index contributed by atoms with van der Waals surface area (Å²) in [4.78, 5) is 0. The van der Waals surface area contributed by atoms with Gasteiger partial charge in [-0.05, 0) is 18.2 Å². The molecule has 0 aliphatic heterocycles. The number of hydrogen-bond donors (Lipinski definition) is 0. The Morgan fingerprint density at radius 3 is 2.70 bits per heavy atom. The van der Waals surface area contributed by atoms with Crippen molar-refractivity contribution in [1.82, 2.24) is 0 Å². The highest BCUT2D eigenvalue weighted by Gasteiger charge is 1.92. The zero-order chi connectivity index (χ0) is 7.82. The molecule has 0 aromatic rings. The maximum absolute atomic E-state index is 8.44. The lowest BCUT2D eigenvalue weighted by molar-refractivity contribution is 1.20. The van der Waals surface area contributed by atoms with Crippen LogP contribution in [0.2, 0.25) is 0 Å². The molecule has 0 saturated heterocycles. The fourth-order valence-electron chi connectivity index (χ4n) is 0.493. The fraction of sp³-hybridized carbons (Fsp3) is 0.429. The monoisotopic (exact) mass is 152 g/mol. The van der Waals surface area contributed by atoms with Crippen molar-refractivity contribution in [3.63, 3.8) is 0 Å². The molecule has 0 fully saturated rings. The van der Waals surface area contributed by atoms with E-state index in [9.17, 15) is 0 Å². The predicted octanol–water partition coefficient (Wildman–Crippen LogP) is 2.06. The summed E-state index contributed by atoms with van der Waals surface area (Å²) < 4.78 is 0. The largest absolute Gasteiger partial charge is 0.193 e. The summed E-state index contributed by atoms with van der Waals surface area (Å²) in [5.74, 6) is 0.515. The van der Waals surface area contributed by atoms with Crippen LogP contribution in [-0.4, -0.2) is 5.75 Å². The highest BCUT2D eigenvalue weighted by Crippen LogP contribution is 2.05. The van der Waals surface area contributed by atoms with Crippen LogP contribution in [-0.2, 0) is 0 Å². The van der Waals surface area contributed by atoms with Gasteiger partial charge in [0, 0.05) is 11.3 Å². The normalized spacial score (nSPS) is 10.1. The van der Waals surface area contributed by atoms with Crippen molar-refractivity contribution < 1.29 is 0 Å². The zero-order valence-electron chi connectivity index (χ0n) is 5.79. The van der Waals surface area contributed by atoms with E-state index in [0.29, 0.717) is 11.3 Å². The lowest BCUT2D eigenvalue weighted by Crippen LogP contribution is -1.80. The molecule has 52 valence electrons. The molecule has 0 unspecified atom stereocenters. The minimum absolute atomic E-state index is 0.515. The maximum Gasteiger partial charge on any atom is 0.133 e. The zero-order valence-corrected chi connectivity index (χ0v) is 6.61. The molecule has 0 aromatic heterocycles. The minimum atomic E-state index is 0.515. The first-order valence-electron chi connectivity index (χ1n) is 2.95. The van der Waals surface area contributed by atoms with Crippen molar-refractivity contribution in [2.24, 2.45) is 0 Å². The summed E-state index contributed by atoms with van der Waals surface area (Å²) in [6, 6.07) is 2.03. The van der Waals surface area contributed by atoms with Crippen LogP contribution < -0.4 is 0 Å². The molecule has 0 rings (SSSR count). The molecule has 0 saturated carbocycles. The molecule has 0 radical (unpaired) electrons. The Bertz CT molecular complexity index is 195. The number of thiocyanates is 1. The molecule has 0 aromatic carbocycles. The van der Waals surface area contributed by atoms with E-state index in [0.717, 1.165) is 18.2 Å². The third kappa shape index (κ3) is 4.00. The summed E-state index contributed by atoms with van der Waals surface area (Å²) in [7, 11) is 0. The number of thioether (sulfide) groups is 1. The molecule has 0 amide bonds. The van der Waals surface area contributed by atoms with Gasteiger partial charge in [-0.25, -0.2) is 0 Å². The summed E-state index contributed by atoms with van der Waals surface area (Å²) in [6.07, 6.45) is 2.69. The summed E-state index contributed by atoms with van der Waals surface area (Å²) in [6.45, 7) is 1.97. The van der Waals surface area contributed by atoms with E-state index in [1.54, 1.807) is 0 Å². The summed E-state index contributed by atoms with van der Waals surface area (Å²) >= 11 is 1.10. The highest BCUT2D eigenvalue weighted by molar-refractivity contribution is 8.03. The first-order chi connectivity index (χ1) is 4.85. The molecular weight excluding hydrogens is 144 g/mol. The van der Waals surface area contributed by atoms with Crippen LogP contribution in [0.4, 0.5) is 0 Å². The van der Waals surface area contributed by atoms with E-state index >= 15 is 0 Å². The lowest BCUT2D eigenvalue weighted by Gasteiger charge is -1.88. The second-order valence-electron chi connectivity index (χ2n) is 1.63. The number of nitrogens with zero attached hydrogens (tertiary/aromatic N) is 2. The number of hydrogen-bond acceptors (Lipinski definition) is 3. The highest BCUT2D eigenvalue weighted by atomic mass is 32.2. The third-order valence-corrected chi connectivity index (χ3v) is 1.47. The van der Waals surface area contributed by atoms with Gasteiger partial charge in [0.25, 0.3) is 0 Å². The van der Waals surface area contributed by atoms with Crippen LogP contribution in [0.1, 0.15) is 13.3 Å². The van der Waals surface area contributed by atoms with E-state index in [4.69, 9.17) is 10.5 Å². The summed E-state index contributed by atoms with van der Waals surface area (Å²) in [5.41, 5.74) is 0.689. The third-order valence-electron chi connectivity index (χ3n) is 0.886. The molecule has 10 heavy (non-hydrogen) atoms. The Balaban J connectivity index is 3.78. The molecule has 3 heteroatoms. The Morgan fingerprint density at radius 1 is 1.60 bits per heavy atom. The van der Waals surface area contributed by atoms with Crippen molar-refractivity contribution in [2.75, 3.05) is 5.75 Å². The SMILES string of the molecule is CCC=C(C#N)CSC#N. The van der Waals surface area contributed by atoms with Gasteiger partial charge < -0.3 is 0 Å². The van der Waals surface area contributed by atoms with Crippen LogP contribution in [0, 0.1) is 22.0 Å². The Kier molecular flexibility index (Phi) is 5.62. The first-order valence-corrected chi connectivity index (χ1v) is 3.93. The molecule has 0 aliphatic rings. The van der Waals surface area contributed by atoms with E-state index in [2.05, 4.69) is 0 Å². The number of nitriles is 2. The molecule has 0 N–H and O–H groups in total. The van der Waals surface area contributed by atoms with Gasteiger partial charge in [0.1, 0.15) is 5.40 Å². The van der Waals surface area contributed by atoms with Crippen molar-refractivity contribution >= 4 is 11.8 Å². The van der Waals surface area contributed by atoms with Gasteiger partial charge in [0.15, 0.2) is 0 Å². The van der Waals surface area contributed by atoms with Gasteiger partial charge >= 0.3 is 0 Å². The molecule has 2 nitrogen and oxygen atoms in total. The molecular formula is C7H8N2S.